The van der Waals surface area contributed by atoms with Gasteiger partial charge in [0, 0.05) is 57.9 Å². The van der Waals surface area contributed by atoms with Crippen molar-refractivity contribution in [2.75, 3.05) is 44.7 Å². The average Bonchev–Trinajstić information content (AvgIpc) is 3.20. The second kappa shape index (κ2) is 8.36. The van der Waals surface area contributed by atoms with Crippen LogP contribution in [0.15, 0.2) is 41.1 Å². The van der Waals surface area contributed by atoms with E-state index >= 15 is 0 Å². The lowest BCUT2D eigenvalue weighted by Gasteiger charge is -2.36. The number of rotatable bonds is 6. The second-order valence-corrected chi connectivity index (χ2v) is 7.02. The molecular weight excluding hydrogens is 328 g/mol. The smallest absolute Gasteiger partial charge is 0.224 e. The molecule has 1 atom stereocenters. The van der Waals surface area contributed by atoms with Crippen molar-refractivity contribution < 1.29 is 9.32 Å². The van der Waals surface area contributed by atoms with Crippen LogP contribution in [0.1, 0.15) is 30.6 Å². The molecule has 1 aliphatic rings. The normalized spacial score (nSPS) is 16.5. The van der Waals surface area contributed by atoms with Crippen LogP contribution in [0.5, 0.6) is 0 Å². The van der Waals surface area contributed by atoms with Gasteiger partial charge in [0.2, 0.25) is 5.91 Å². The molecule has 6 heteroatoms. The van der Waals surface area contributed by atoms with Crippen LogP contribution in [-0.4, -0.2) is 60.6 Å². The van der Waals surface area contributed by atoms with E-state index in [9.17, 15) is 4.79 Å². The zero-order valence-corrected chi connectivity index (χ0v) is 15.9. The van der Waals surface area contributed by atoms with Crippen LogP contribution in [0.25, 0.3) is 0 Å². The highest BCUT2D eigenvalue weighted by molar-refractivity contribution is 5.76. The summed E-state index contributed by atoms with van der Waals surface area (Å²) in [5.74, 6) is 0.140. The van der Waals surface area contributed by atoms with E-state index in [1.165, 1.54) is 17.5 Å². The second-order valence-electron chi connectivity index (χ2n) is 7.02. The van der Waals surface area contributed by atoms with Crippen molar-refractivity contribution in [1.29, 1.82) is 0 Å². The van der Waals surface area contributed by atoms with Gasteiger partial charge in [-0.3, -0.25) is 9.69 Å². The predicted molar refractivity (Wildman–Crippen MR) is 102 cm³/mol. The van der Waals surface area contributed by atoms with E-state index in [4.69, 9.17) is 4.52 Å². The molecule has 0 saturated carbocycles. The predicted octanol–water partition coefficient (Wildman–Crippen LogP) is 2.71. The summed E-state index contributed by atoms with van der Waals surface area (Å²) >= 11 is 0. The molecule has 1 aromatic heterocycles. The van der Waals surface area contributed by atoms with E-state index in [-0.39, 0.29) is 11.9 Å². The van der Waals surface area contributed by atoms with Gasteiger partial charge in [0.1, 0.15) is 12.0 Å². The molecule has 140 valence electrons. The first-order valence-corrected chi connectivity index (χ1v) is 9.24. The first-order valence-electron chi connectivity index (χ1n) is 9.24. The minimum atomic E-state index is -0.0700. The van der Waals surface area contributed by atoms with Crippen molar-refractivity contribution >= 4 is 11.6 Å². The number of hydrogen-bond acceptors (Lipinski definition) is 5. The van der Waals surface area contributed by atoms with E-state index in [1.54, 1.807) is 11.0 Å². The maximum absolute atomic E-state index is 12.5. The fraction of sp³-hybridized carbons (Fsp3) is 0.500. The Labute approximate surface area is 155 Å². The Balaban J connectivity index is 1.44. The Kier molecular flexibility index (Phi) is 5.93. The fourth-order valence-corrected chi connectivity index (χ4v) is 3.34. The molecule has 0 radical (unpaired) electrons. The van der Waals surface area contributed by atoms with Crippen LogP contribution in [0, 0.1) is 6.92 Å². The van der Waals surface area contributed by atoms with Gasteiger partial charge in [-0.25, -0.2) is 0 Å². The van der Waals surface area contributed by atoms with Gasteiger partial charge < -0.3 is 14.3 Å². The van der Waals surface area contributed by atoms with Gasteiger partial charge in [-0.2, -0.15) is 0 Å². The Hall–Kier alpha value is -2.34. The van der Waals surface area contributed by atoms with Crippen LogP contribution < -0.4 is 4.90 Å². The summed E-state index contributed by atoms with van der Waals surface area (Å²) in [6, 6.07) is 10.4. The molecule has 0 bridgehead atoms. The summed E-state index contributed by atoms with van der Waals surface area (Å²) in [5, 5.41) is 3.93. The van der Waals surface area contributed by atoms with Crippen LogP contribution >= 0.6 is 0 Å². The van der Waals surface area contributed by atoms with E-state index in [0.29, 0.717) is 6.42 Å². The summed E-state index contributed by atoms with van der Waals surface area (Å²) in [7, 11) is 1.83. The highest BCUT2D eigenvalue weighted by Gasteiger charge is 2.22. The molecule has 1 fully saturated rings. The topological polar surface area (TPSA) is 52.8 Å². The summed E-state index contributed by atoms with van der Waals surface area (Å²) in [6.45, 7) is 8.88. The third-order valence-electron chi connectivity index (χ3n) is 5.24. The molecule has 2 aromatic rings. The van der Waals surface area contributed by atoms with Gasteiger partial charge >= 0.3 is 0 Å². The summed E-state index contributed by atoms with van der Waals surface area (Å²) in [5.41, 5.74) is 3.37. The van der Waals surface area contributed by atoms with Crippen LogP contribution in [0.4, 0.5) is 5.69 Å². The van der Waals surface area contributed by atoms with Crippen molar-refractivity contribution in [3.63, 3.8) is 0 Å². The Morgan fingerprint density at radius 2 is 2.04 bits per heavy atom. The monoisotopic (exact) mass is 356 g/mol. The van der Waals surface area contributed by atoms with E-state index in [2.05, 4.69) is 46.1 Å². The minimum Gasteiger partial charge on any atom is -0.369 e. The van der Waals surface area contributed by atoms with Gasteiger partial charge in [-0.1, -0.05) is 17.3 Å². The van der Waals surface area contributed by atoms with Crippen molar-refractivity contribution in [3.8, 4) is 0 Å². The number of amides is 1. The number of nitrogens with zero attached hydrogens (tertiary/aromatic N) is 4. The maximum atomic E-state index is 12.5. The molecule has 26 heavy (non-hydrogen) atoms. The Bertz CT molecular complexity index is 708. The van der Waals surface area contributed by atoms with E-state index in [1.807, 2.05) is 14.0 Å². The molecule has 3 rings (SSSR count). The molecule has 0 aliphatic carbocycles. The lowest BCUT2D eigenvalue weighted by atomic mass is 10.2. The molecule has 0 spiro atoms. The van der Waals surface area contributed by atoms with Gasteiger partial charge in [0.25, 0.3) is 0 Å². The summed E-state index contributed by atoms with van der Waals surface area (Å²) < 4.78 is 4.87. The third-order valence-corrected chi connectivity index (χ3v) is 5.24. The zero-order chi connectivity index (χ0) is 18.5. The highest BCUT2D eigenvalue weighted by atomic mass is 16.5. The lowest BCUT2D eigenvalue weighted by molar-refractivity contribution is -0.132. The van der Waals surface area contributed by atoms with Gasteiger partial charge in [0.15, 0.2) is 0 Å². The molecule has 6 nitrogen and oxygen atoms in total. The van der Waals surface area contributed by atoms with Gasteiger partial charge in [-0.15, -0.1) is 0 Å². The largest absolute Gasteiger partial charge is 0.369 e. The van der Waals surface area contributed by atoms with Crippen molar-refractivity contribution in [3.05, 3.63) is 47.9 Å². The summed E-state index contributed by atoms with van der Waals surface area (Å²) in [4.78, 5) is 19.0. The Morgan fingerprint density at radius 1 is 1.27 bits per heavy atom. The SMILES string of the molecule is Cc1cccc(N2CCN(CCC(=O)N(C)[C@H](C)c3ccon3)CC2)c1. The quantitative estimate of drug-likeness (QED) is 0.797. The molecule has 2 heterocycles. The lowest BCUT2D eigenvalue weighted by Crippen LogP contribution is -2.47. The van der Waals surface area contributed by atoms with E-state index in [0.717, 1.165) is 38.4 Å². The maximum Gasteiger partial charge on any atom is 0.224 e. The molecule has 0 N–H and O–H groups in total. The number of aromatic nitrogens is 1. The van der Waals surface area contributed by atoms with Crippen molar-refractivity contribution in [1.82, 2.24) is 15.0 Å². The number of benzene rings is 1. The molecule has 1 saturated heterocycles. The van der Waals surface area contributed by atoms with Gasteiger partial charge in [-0.05, 0) is 31.5 Å². The number of piperazine rings is 1. The number of anilines is 1. The molecular formula is C20H28N4O2. The molecule has 1 aromatic carbocycles. The van der Waals surface area contributed by atoms with Crippen LogP contribution in [0.3, 0.4) is 0 Å². The van der Waals surface area contributed by atoms with Crippen molar-refractivity contribution in [2.45, 2.75) is 26.3 Å². The molecule has 1 amide bonds. The van der Waals surface area contributed by atoms with Gasteiger partial charge in [0.05, 0.1) is 6.04 Å². The first kappa shape index (κ1) is 18.5. The number of hydrogen-bond donors (Lipinski definition) is 0. The molecule has 1 aliphatic heterocycles. The Morgan fingerprint density at radius 3 is 2.69 bits per heavy atom. The number of carbonyl (C=O) groups excluding carboxylic acids is 1. The number of aryl methyl sites for hydroxylation is 1. The average molecular weight is 356 g/mol. The number of carbonyl (C=O) groups is 1. The zero-order valence-electron chi connectivity index (χ0n) is 15.9. The third kappa shape index (κ3) is 4.43. The fourth-order valence-electron chi connectivity index (χ4n) is 3.34. The minimum absolute atomic E-state index is 0.0700. The standard InChI is InChI=1S/C20H28N4O2/c1-16-5-4-6-18(15-16)24-12-10-23(11-13-24)9-7-20(25)22(3)17(2)19-8-14-26-21-19/h4-6,8,14-15,17H,7,9-13H2,1-3H3/t17-/m1/s1. The van der Waals surface area contributed by atoms with E-state index < -0.39 is 0 Å². The van der Waals surface area contributed by atoms with Crippen LogP contribution in [0.2, 0.25) is 0 Å². The van der Waals surface area contributed by atoms with Crippen LogP contribution in [-0.2, 0) is 4.79 Å². The molecule has 0 unspecified atom stereocenters. The van der Waals surface area contributed by atoms with Crippen molar-refractivity contribution in [2.24, 2.45) is 0 Å². The summed E-state index contributed by atoms with van der Waals surface area (Å²) in [6.07, 6.45) is 2.07. The highest BCUT2D eigenvalue weighted by Crippen LogP contribution is 2.19. The first-order chi connectivity index (χ1) is 12.5.